The molecule has 1 atom stereocenters. The molecule has 0 saturated carbocycles. The van der Waals surface area contributed by atoms with Gasteiger partial charge in [-0.3, -0.25) is 9.47 Å². The third-order valence-electron chi connectivity index (χ3n) is 4.14. The number of benzene rings is 1. The summed E-state index contributed by atoms with van der Waals surface area (Å²) >= 11 is 0. The van der Waals surface area contributed by atoms with E-state index in [-0.39, 0.29) is 6.04 Å². The minimum absolute atomic E-state index is 0.134. The fraction of sp³-hybridized carbons (Fsp3) is 0.312. The average molecular weight is 310 g/mol. The van der Waals surface area contributed by atoms with Crippen molar-refractivity contribution in [3.8, 4) is 17.3 Å². The Morgan fingerprint density at radius 1 is 1.26 bits per heavy atom. The molecule has 1 aromatic carbocycles. The Balaban J connectivity index is 1.67. The molecule has 0 amide bonds. The minimum atomic E-state index is 0.134. The van der Waals surface area contributed by atoms with E-state index in [1.54, 1.807) is 12.5 Å². The molecule has 0 bridgehead atoms. The Hall–Kier alpha value is -2.51. The molecule has 1 unspecified atom stereocenters. The highest BCUT2D eigenvalue weighted by molar-refractivity contribution is 5.51. The SMILES string of the molecule is CN1CCNCC1c1noc(-c2cncn2-c2ccccc2)n1. The lowest BCUT2D eigenvalue weighted by Gasteiger charge is -2.30. The molecule has 0 radical (unpaired) electrons. The zero-order valence-electron chi connectivity index (χ0n) is 12.9. The molecule has 23 heavy (non-hydrogen) atoms. The minimum Gasteiger partial charge on any atom is -0.332 e. The summed E-state index contributed by atoms with van der Waals surface area (Å²) in [4.78, 5) is 11.1. The Bertz CT molecular complexity index is 781. The van der Waals surface area contributed by atoms with E-state index in [0.29, 0.717) is 11.7 Å². The first-order valence-corrected chi connectivity index (χ1v) is 7.65. The number of likely N-dealkylation sites (N-methyl/N-ethyl adjacent to an activating group) is 1. The second-order valence-corrected chi connectivity index (χ2v) is 5.64. The van der Waals surface area contributed by atoms with Crippen molar-refractivity contribution in [1.82, 2.24) is 29.9 Å². The molecule has 1 fully saturated rings. The van der Waals surface area contributed by atoms with Crippen LogP contribution in [0, 0.1) is 0 Å². The predicted molar refractivity (Wildman–Crippen MR) is 85.1 cm³/mol. The van der Waals surface area contributed by atoms with Crippen LogP contribution in [0.4, 0.5) is 0 Å². The summed E-state index contributed by atoms with van der Waals surface area (Å²) in [6, 6.07) is 10.1. The largest absolute Gasteiger partial charge is 0.332 e. The van der Waals surface area contributed by atoms with Crippen LogP contribution >= 0.6 is 0 Å². The van der Waals surface area contributed by atoms with Crippen LogP contribution in [-0.2, 0) is 0 Å². The average Bonchev–Trinajstić information content (AvgIpc) is 3.25. The number of imidazole rings is 1. The van der Waals surface area contributed by atoms with Gasteiger partial charge in [0.1, 0.15) is 5.69 Å². The van der Waals surface area contributed by atoms with Gasteiger partial charge in [0.25, 0.3) is 5.89 Å². The van der Waals surface area contributed by atoms with E-state index >= 15 is 0 Å². The number of hydrogen-bond acceptors (Lipinski definition) is 6. The van der Waals surface area contributed by atoms with Crippen LogP contribution in [0.3, 0.4) is 0 Å². The smallest absolute Gasteiger partial charge is 0.276 e. The molecule has 3 heterocycles. The number of para-hydroxylation sites is 1. The van der Waals surface area contributed by atoms with Gasteiger partial charge in [0.2, 0.25) is 0 Å². The lowest BCUT2D eigenvalue weighted by Crippen LogP contribution is -2.44. The van der Waals surface area contributed by atoms with Crippen molar-refractivity contribution in [1.29, 1.82) is 0 Å². The molecule has 118 valence electrons. The van der Waals surface area contributed by atoms with Crippen molar-refractivity contribution in [3.63, 3.8) is 0 Å². The first-order chi connectivity index (χ1) is 11.3. The van der Waals surface area contributed by atoms with Crippen LogP contribution in [0.5, 0.6) is 0 Å². The second-order valence-electron chi connectivity index (χ2n) is 5.64. The van der Waals surface area contributed by atoms with Gasteiger partial charge in [-0.15, -0.1) is 0 Å². The van der Waals surface area contributed by atoms with Crippen LogP contribution in [-0.4, -0.2) is 51.3 Å². The lowest BCUT2D eigenvalue weighted by molar-refractivity contribution is 0.190. The summed E-state index contributed by atoms with van der Waals surface area (Å²) in [5.74, 6) is 1.19. The van der Waals surface area contributed by atoms with Gasteiger partial charge in [-0.25, -0.2) is 4.98 Å². The molecule has 2 aromatic heterocycles. The highest BCUT2D eigenvalue weighted by Gasteiger charge is 2.26. The van der Waals surface area contributed by atoms with E-state index in [1.807, 2.05) is 34.9 Å². The molecule has 1 aliphatic heterocycles. The molecule has 7 heteroatoms. The maximum Gasteiger partial charge on any atom is 0.276 e. The highest BCUT2D eigenvalue weighted by atomic mass is 16.5. The Labute approximate surface area is 133 Å². The number of aromatic nitrogens is 4. The first kappa shape index (κ1) is 14.1. The quantitative estimate of drug-likeness (QED) is 0.790. The number of hydrogen-bond donors (Lipinski definition) is 1. The molecular formula is C16H18N6O. The van der Waals surface area contributed by atoms with Crippen molar-refractivity contribution >= 4 is 0 Å². The Morgan fingerprint density at radius 3 is 2.96 bits per heavy atom. The van der Waals surface area contributed by atoms with Crippen molar-refractivity contribution in [2.75, 3.05) is 26.7 Å². The van der Waals surface area contributed by atoms with Crippen molar-refractivity contribution < 1.29 is 4.52 Å². The van der Waals surface area contributed by atoms with E-state index in [4.69, 9.17) is 4.52 Å². The van der Waals surface area contributed by atoms with Gasteiger partial charge in [0.15, 0.2) is 5.82 Å². The third-order valence-corrected chi connectivity index (χ3v) is 4.14. The monoisotopic (exact) mass is 310 g/mol. The summed E-state index contributed by atoms with van der Waals surface area (Å²) in [6.45, 7) is 2.78. The van der Waals surface area contributed by atoms with Crippen LogP contribution in [0.15, 0.2) is 47.4 Å². The van der Waals surface area contributed by atoms with Crippen molar-refractivity contribution in [2.24, 2.45) is 0 Å². The molecule has 0 aliphatic carbocycles. The van der Waals surface area contributed by atoms with E-state index in [9.17, 15) is 0 Å². The Morgan fingerprint density at radius 2 is 2.13 bits per heavy atom. The molecule has 4 rings (SSSR count). The van der Waals surface area contributed by atoms with Crippen LogP contribution in [0.25, 0.3) is 17.3 Å². The highest BCUT2D eigenvalue weighted by Crippen LogP contribution is 2.24. The molecule has 1 aliphatic rings. The predicted octanol–water partition coefficient (Wildman–Crippen LogP) is 1.50. The fourth-order valence-electron chi connectivity index (χ4n) is 2.82. The summed E-state index contributed by atoms with van der Waals surface area (Å²) in [5.41, 5.74) is 1.80. The standard InChI is InChI=1S/C16H18N6O/c1-21-8-7-17-9-13(21)15-19-16(23-20-15)14-10-18-11-22(14)12-5-3-2-4-6-12/h2-6,10-11,13,17H,7-9H2,1H3. The lowest BCUT2D eigenvalue weighted by atomic mass is 10.2. The van der Waals surface area contributed by atoms with Crippen LogP contribution < -0.4 is 5.32 Å². The summed E-state index contributed by atoms with van der Waals surface area (Å²) < 4.78 is 7.44. The van der Waals surface area contributed by atoms with Crippen LogP contribution in [0.1, 0.15) is 11.9 Å². The van der Waals surface area contributed by atoms with Gasteiger partial charge in [-0.05, 0) is 19.2 Å². The second kappa shape index (κ2) is 5.94. The summed E-state index contributed by atoms with van der Waals surface area (Å²) in [7, 11) is 2.08. The summed E-state index contributed by atoms with van der Waals surface area (Å²) in [5, 5.41) is 7.54. The zero-order valence-corrected chi connectivity index (χ0v) is 12.9. The molecule has 3 aromatic rings. The number of piperazine rings is 1. The fourth-order valence-corrected chi connectivity index (χ4v) is 2.82. The molecule has 7 nitrogen and oxygen atoms in total. The van der Waals surface area contributed by atoms with Gasteiger partial charge >= 0.3 is 0 Å². The molecular weight excluding hydrogens is 292 g/mol. The first-order valence-electron chi connectivity index (χ1n) is 7.65. The number of nitrogens with zero attached hydrogens (tertiary/aromatic N) is 5. The van der Waals surface area contributed by atoms with E-state index < -0.39 is 0 Å². The van der Waals surface area contributed by atoms with Crippen molar-refractivity contribution in [3.05, 3.63) is 48.7 Å². The van der Waals surface area contributed by atoms with Gasteiger partial charge < -0.3 is 9.84 Å². The summed E-state index contributed by atoms with van der Waals surface area (Å²) in [6.07, 6.45) is 3.50. The Kier molecular flexibility index (Phi) is 3.64. The molecule has 1 saturated heterocycles. The number of nitrogens with one attached hydrogen (secondary N) is 1. The number of rotatable bonds is 3. The van der Waals surface area contributed by atoms with Crippen LogP contribution in [0.2, 0.25) is 0 Å². The zero-order chi connectivity index (χ0) is 15.6. The third kappa shape index (κ3) is 2.64. The van der Waals surface area contributed by atoms with Crippen molar-refractivity contribution in [2.45, 2.75) is 6.04 Å². The molecule has 0 spiro atoms. The normalized spacial score (nSPS) is 19.1. The van der Waals surface area contributed by atoms with Gasteiger partial charge in [0, 0.05) is 25.3 Å². The van der Waals surface area contributed by atoms with Gasteiger partial charge in [0.05, 0.1) is 18.6 Å². The van der Waals surface area contributed by atoms with Gasteiger partial charge in [-0.2, -0.15) is 4.98 Å². The van der Waals surface area contributed by atoms with E-state index in [2.05, 4.69) is 32.4 Å². The topological polar surface area (TPSA) is 72.0 Å². The molecule has 1 N–H and O–H groups in total. The van der Waals surface area contributed by atoms with Gasteiger partial charge in [-0.1, -0.05) is 23.4 Å². The van der Waals surface area contributed by atoms with E-state index in [1.165, 1.54) is 0 Å². The van der Waals surface area contributed by atoms with E-state index in [0.717, 1.165) is 31.0 Å². The maximum absolute atomic E-state index is 5.50. The maximum atomic E-state index is 5.50.